The van der Waals surface area contributed by atoms with Crippen LogP contribution in [0.1, 0.15) is 29.6 Å². The zero-order valence-electron chi connectivity index (χ0n) is 16.2. The van der Waals surface area contributed by atoms with E-state index in [0.717, 1.165) is 24.8 Å². The molecule has 7 nitrogen and oxygen atoms in total. The Balaban J connectivity index is 1.80. The lowest BCUT2D eigenvalue weighted by molar-refractivity contribution is 0.100. The second-order valence-electron chi connectivity index (χ2n) is 7.02. The third-order valence-electron chi connectivity index (χ3n) is 5.15. The van der Waals surface area contributed by atoms with Crippen LogP contribution in [-0.4, -0.2) is 21.6 Å². The summed E-state index contributed by atoms with van der Waals surface area (Å²) in [4.78, 5) is 11.4. The minimum atomic E-state index is -0.648. The first-order valence-corrected chi connectivity index (χ1v) is 9.29. The summed E-state index contributed by atoms with van der Waals surface area (Å²) < 4.78 is 14.2. The predicted molar refractivity (Wildman–Crippen MR) is 112 cm³/mol. The number of nitrogens with one attached hydrogen (secondary N) is 1. The van der Waals surface area contributed by atoms with E-state index in [9.17, 15) is 9.18 Å². The van der Waals surface area contributed by atoms with Crippen molar-refractivity contribution in [2.45, 2.75) is 24.8 Å². The average molecular weight is 404 g/mol. The normalized spacial score (nSPS) is 15.3. The van der Waals surface area contributed by atoms with Gasteiger partial charge in [0.25, 0.3) is 0 Å². The molecule has 3 rings (SSSR count). The lowest BCUT2D eigenvalue weighted by Crippen LogP contribution is -2.46. The monoisotopic (exact) mass is 404 g/mol. The van der Waals surface area contributed by atoms with Crippen molar-refractivity contribution >= 4 is 11.7 Å². The van der Waals surface area contributed by atoms with Crippen LogP contribution in [0.25, 0.3) is 11.3 Å². The van der Waals surface area contributed by atoms with Crippen LogP contribution in [0.15, 0.2) is 66.4 Å². The molecule has 1 aliphatic carbocycles. The molecule has 0 saturated heterocycles. The van der Waals surface area contributed by atoms with Crippen molar-refractivity contribution < 1.29 is 9.18 Å². The minimum absolute atomic E-state index is 0.147. The van der Waals surface area contributed by atoms with E-state index in [-0.39, 0.29) is 22.4 Å². The van der Waals surface area contributed by atoms with Gasteiger partial charge in [-0.3, -0.25) is 4.79 Å². The fourth-order valence-corrected chi connectivity index (χ4v) is 3.20. The van der Waals surface area contributed by atoms with Crippen molar-refractivity contribution in [1.82, 2.24) is 10.2 Å². The molecule has 8 heteroatoms. The highest BCUT2D eigenvalue weighted by molar-refractivity contribution is 5.94. The molecule has 30 heavy (non-hydrogen) atoms. The summed E-state index contributed by atoms with van der Waals surface area (Å²) in [6.45, 7) is 4.12. The number of amides is 1. The van der Waals surface area contributed by atoms with Crippen LogP contribution in [-0.2, 0) is 0 Å². The van der Waals surface area contributed by atoms with Gasteiger partial charge < -0.3 is 16.8 Å². The number of carbonyl (C=O) groups excluding carboxylic acids is 1. The molecular weight excluding hydrogens is 383 g/mol. The van der Waals surface area contributed by atoms with Gasteiger partial charge in [-0.2, -0.15) is 5.26 Å². The van der Waals surface area contributed by atoms with E-state index in [1.165, 1.54) is 24.4 Å². The molecule has 0 spiro atoms. The van der Waals surface area contributed by atoms with Crippen LogP contribution in [0.3, 0.4) is 0 Å². The molecule has 1 aromatic heterocycles. The van der Waals surface area contributed by atoms with Crippen LogP contribution in [0.5, 0.6) is 0 Å². The Kier molecular flexibility index (Phi) is 5.93. The van der Waals surface area contributed by atoms with Crippen molar-refractivity contribution in [2.24, 2.45) is 11.5 Å². The van der Waals surface area contributed by atoms with E-state index in [1.807, 2.05) is 6.07 Å². The fraction of sp³-hybridized carbons (Fsp3) is 0.182. The zero-order chi connectivity index (χ0) is 21.7. The van der Waals surface area contributed by atoms with Crippen LogP contribution in [0.2, 0.25) is 0 Å². The number of anilines is 1. The molecule has 2 aromatic rings. The molecule has 0 bridgehead atoms. The predicted octanol–water partition coefficient (Wildman–Crippen LogP) is 3.19. The molecule has 0 atom stereocenters. The third-order valence-corrected chi connectivity index (χ3v) is 5.15. The molecule has 0 unspecified atom stereocenters. The van der Waals surface area contributed by atoms with Gasteiger partial charge in [-0.05, 0) is 61.2 Å². The summed E-state index contributed by atoms with van der Waals surface area (Å²) in [7, 11) is 0. The maximum atomic E-state index is 14.2. The van der Waals surface area contributed by atoms with Gasteiger partial charge in [-0.25, -0.2) is 4.39 Å². The number of primary amides is 1. The van der Waals surface area contributed by atoms with Crippen molar-refractivity contribution in [1.29, 1.82) is 5.26 Å². The van der Waals surface area contributed by atoms with Crippen molar-refractivity contribution in [3.8, 4) is 17.3 Å². The molecule has 1 amide bonds. The highest BCUT2D eigenvalue weighted by Crippen LogP contribution is 2.41. The Labute approximate surface area is 173 Å². The van der Waals surface area contributed by atoms with E-state index < -0.39 is 11.7 Å². The van der Waals surface area contributed by atoms with Gasteiger partial charge in [0.05, 0.1) is 16.8 Å². The number of nitriles is 1. The lowest BCUT2D eigenvalue weighted by atomic mass is 9.71. The zero-order valence-corrected chi connectivity index (χ0v) is 16.2. The Bertz CT molecular complexity index is 1080. The first-order chi connectivity index (χ1) is 14.4. The molecule has 0 radical (unpaired) electrons. The lowest BCUT2D eigenvalue weighted by Gasteiger charge is -2.43. The quantitative estimate of drug-likeness (QED) is 0.480. The summed E-state index contributed by atoms with van der Waals surface area (Å²) >= 11 is 0. The summed E-state index contributed by atoms with van der Waals surface area (Å²) in [6, 6.07) is 9.15. The van der Waals surface area contributed by atoms with E-state index in [0.29, 0.717) is 11.4 Å². The third kappa shape index (κ3) is 4.20. The van der Waals surface area contributed by atoms with Gasteiger partial charge in [-0.1, -0.05) is 12.7 Å². The van der Waals surface area contributed by atoms with Crippen LogP contribution >= 0.6 is 0 Å². The molecule has 1 fully saturated rings. The maximum absolute atomic E-state index is 14.2. The number of allylic oxidation sites excluding steroid dienone is 2. The molecule has 1 heterocycles. The SMILES string of the molecule is C=C(/C=C\C(C#N)=C/N)C1(Nc2ccc(-c3cc(C(N)=O)ccc3F)nn2)CCC1. The summed E-state index contributed by atoms with van der Waals surface area (Å²) in [6.07, 6.45) is 7.34. The summed E-state index contributed by atoms with van der Waals surface area (Å²) in [5, 5.41) is 20.6. The van der Waals surface area contributed by atoms with Crippen molar-refractivity contribution in [3.05, 3.63) is 77.8 Å². The van der Waals surface area contributed by atoms with Gasteiger partial charge in [0.15, 0.2) is 0 Å². The number of benzene rings is 1. The molecule has 0 aliphatic heterocycles. The summed E-state index contributed by atoms with van der Waals surface area (Å²) in [5.41, 5.74) is 12.0. The van der Waals surface area contributed by atoms with Crippen LogP contribution in [0.4, 0.5) is 10.2 Å². The van der Waals surface area contributed by atoms with Gasteiger partial charge in [-0.15, -0.1) is 10.2 Å². The highest BCUT2D eigenvalue weighted by atomic mass is 19.1. The van der Waals surface area contributed by atoms with E-state index in [4.69, 9.17) is 16.7 Å². The minimum Gasteiger partial charge on any atom is -0.404 e. The standard InChI is InChI=1S/C22H21FN6O/c1-14(3-4-15(12-24)13-25)22(9-2-10-22)27-20-8-7-19(28-29-20)17-11-16(21(26)30)5-6-18(17)23/h3-8,11-12H,1-2,9-10,24H2,(H2,26,30)(H,27,29)/b4-3-,15-12+. The Morgan fingerprint density at radius 1 is 1.27 bits per heavy atom. The smallest absolute Gasteiger partial charge is 0.248 e. The first-order valence-electron chi connectivity index (χ1n) is 9.29. The van der Waals surface area contributed by atoms with E-state index in [2.05, 4.69) is 22.1 Å². The number of nitrogens with zero attached hydrogens (tertiary/aromatic N) is 3. The van der Waals surface area contributed by atoms with Gasteiger partial charge in [0, 0.05) is 17.3 Å². The summed E-state index contributed by atoms with van der Waals surface area (Å²) in [5.74, 6) is -0.662. The second-order valence-corrected chi connectivity index (χ2v) is 7.02. The largest absolute Gasteiger partial charge is 0.404 e. The number of hydrogen-bond donors (Lipinski definition) is 3. The number of carbonyl (C=O) groups is 1. The van der Waals surface area contributed by atoms with Gasteiger partial charge >= 0.3 is 0 Å². The Hall–Kier alpha value is -3.99. The average Bonchev–Trinajstić information content (AvgIpc) is 2.72. The number of hydrogen-bond acceptors (Lipinski definition) is 6. The molecule has 1 aromatic carbocycles. The Morgan fingerprint density at radius 3 is 2.57 bits per heavy atom. The van der Waals surface area contributed by atoms with Gasteiger partial charge in [0.1, 0.15) is 17.7 Å². The van der Waals surface area contributed by atoms with Crippen LogP contribution < -0.4 is 16.8 Å². The first kappa shape index (κ1) is 20.7. The molecule has 5 N–H and O–H groups in total. The van der Waals surface area contributed by atoms with Crippen LogP contribution in [0, 0.1) is 17.1 Å². The second kappa shape index (κ2) is 8.57. The van der Waals surface area contributed by atoms with Crippen molar-refractivity contribution in [2.75, 3.05) is 5.32 Å². The number of aromatic nitrogens is 2. The fourth-order valence-electron chi connectivity index (χ4n) is 3.20. The van der Waals surface area contributed by atoms with E-state index >= 15 is 0 Å². The van der Waals surface area contributed by atoms with E-state index in [1.54, 1.807) is 24.3 Å². The number of rotatable bonds is 7. The molecule has 152 valence electrons. The number of halogens is 1. The molecular formula is C22H21FN6O. The van der Waals surface area contributed by atoms with Crippen molar-refractivity contribution in [3.63, 3.8) is 0 Å². The Morgan fingerprint density at radius 2 is 2.03 bits per heavy atom. The highest BCUT2D eigenvalue weighted by Gasteiger charge is 2.39. The molecule has 1 saturated carbocycles. The maximum Gasteiger partial charge on any atom is 0.248 e. The number of nitrogens with two attached hydrogens (primary N) is 2. The topological polar surface area (TPSA) is 131 Å². The molecule has 1 aliphatic rings. The van der Waals surface area contributed by atoms with Gasteiger partial charge in [0.2, 0.25) is 5.91 Å².